The molecule has 98 valence electrons. The van der Waals surface area contributed by atoms with Gasteiger partial charge in [0.15, 0.2) is 0 Å². The van der Waals surface area contributed by atoms with Gasteiger partial charge in [0.25, 0.3) is 0 Å². The Morgan fingerprint density at radius 2 is 1.95 bits per heavy atom. The van der Waals surface area contributed by atoms with Crippen LogP contribution in [0.3, 0.4) is 0 Å². The fourth-order valence-electron chi connectivity index (χ4n) is 2.80. The third-order valence-corrected chi connectivity index (χ3v) is 3.85. The first-order chi connectivity index (χ1) is 9.36. The molecule has 1 aromatic carbocycles. The van der Waals surface area contributed by atoms with Crippen LogP contribution in [-0.4, -0.2) is 17.0 Å². The standard InChI is InChI=1S/C16H19N3/c1-17-15(16-18-8-3-9-19-16)11-12-6-7-13-4-2-5-14(13)10-12/h3,6-10,15,17H,2,4-5,11H2,1H3. The number of likely N-dealkylation sites (N-methyl/N-ethyl adjacent to an activating group) is 1. The molecule has 1 N–H and O–H groups in total. The number of rotatable bonds is 4. The molecule has 0 fully saturated rings. The molecule has 0 spiro atoms. The fourth-order valence-corrected chi connectivity index (χ4v) is 2.80. The molecule has 0 saturated carbocycles. The van der Waals surface area contributed by atoms with Crippen molar-refractivity contribution in [1.82, 2.24) is 15.3 Å². The van der Waals surface area contributed by atoms with Crippen molar-refractivity contribution < 1.29 is 0 Å². The van der Waals surface area contributed by atoms with Gasteiger partial charge < -0.3 is 5.32 Å². The quantitative estimate of drug-likeness (QED) is 0.909. The minimum absolute atomic E-state index is 0.181. The third kappa shape index (κ3) is 2.66. The monoisotopic (exact) mass is 253 g/mol. The number of aryl methyl sites for hydroxylation is 2. The van der Waals surface area contributed by atoms with Crippen LogP contribution in [0.1, 0.15) is 35.0 Å². The summed E-state index contributed by atoms with van der Waals surface area (Å²) in [5, 5.41) is 3.31. The van der Waals surface area contributed by atoms with Crippen molar-refractivity contribution in [2.75, 3.05) is 7.05 Å². The van der Waals surface area contributed by atoms with Gasteiger partial charge in [-0.2, -0.15) is 0 Å². The van der Waals surface area contributed by atoms with Gasteiger partial charge in [0.1, 0.15) is 5.82 Å². The number of hydrogen-bond donors (Lipinski definition) is 1. The molecule has 1 atom stereocenters. The van der Waals surface area contributed by atoms with E-state index in [-0.39, 0.29) is 6.04 Å². The molecular weight excluding hydrogens is 234 g/mol. The van der Waals surface area contributed by atoms with E-state index >= 15 is 0 Å². The van der Waals surface area contributed by atoms with Gasteiger partial charge in [0.05, 0.1) is 6.04 Å². The zero-order valence-electron chi connectivity index (χ0n) is 11.3. The lowest BCUT2D eigenvalue weighted by Gasteiger charge is -2.15. The van der Waals surface area contributed by atoms with E-state index in [4.69, 9.17) is 0 Å². The second-order valence-electron chi connectivity index (χ2n) is 5.11. The Morgan fingerprint density at radius 1 is 1.16 bits per heavy atom. The molecule has 1 heterocycles. The first-order valence-electron chi connectivity index (χ1n) is 6.91. The summed E-state index contributed by atoms with van der Waals surface area (Å²) >= 11 is 0. The normalized spacial score (nSPS) is 15.2. The lowest BCUT2D eigenvalue weighted by molar-refractivity contribution is 0.557. The van der Waals surface area contributed by atoms with Crippen molar-refractivity contribution in [3.63, 3.8) is 0 Å². The topological polar surface area (TPSA) is 37.8 Å². The van der Waals surface area contributed by atoms with Crippen LogP contribution in [0.15, 0.2) is 36.7 Å². The SMILES string of the molecule is CNC(Cc1ccc2c(c1)CCC2)c1ncccn1. The number of fused-ring (bicyclic) bond motifs is 1. The molecule has 0 bridgehead atoms. The minimum Gasteiger partial charge on any atom is -0.310 e. The maximum absolute atomic E-state index is 4.34. The highest BCUT2D eigenvalue weighted by Gasteiger charge is 2.15. The summed E-state index contributed by atoms with van der Waals surface area (Å²) in [6.45, 7) is 0. The highest BCUT2D eigenvalue weighted by atomic mass is 15.0. The van der Waals surface area contributed by atoms with Crippen LogP contribution < -0.4 is 5.32 Å². The predicted molar refractivity (Wildman–Crippen MR) is 76.0 cm³/mol. The van der Waals surface area contributed by atoms with Crippen LogP contribution in [0.5, 0.6) is 0 Å². The second-order valence-corrected chi connectivity index (χ2v) is 5.11. The van der Waals surface area contributed by atoms with Crippen molar-refractivity contribution in [3.8, 4) is 0 Å². The molecule has 0 radical (unpaired) electrons. The molecule has 0 saturated heterocycles. The van der Waals surface area contributed by atoms with Crippen LogP contribution in [0, 0.1) is 0 Å². The molecule has 0 aliphatic heterocycles. The van der Waals surface area contributed by atoms with Gasteiger partial charge in [0.2, 0.25) is 0 Å². The van der Waals surface area contributed by atoms with E-state index < -0.39 is 0 Å². The van der Waals surface area contributed by atoms with Crippen molar-refractivity contribution in [1.29, 1.82) is 0 Å². The summed E-state index contributed by atoms with van der Waals surface area (Å²) < 4.78 is 0. The van der Waals surface area contributed by atoms with Gasteiger partial charge in [-0.05, 0) is 55.5 Å². The number of nitrogens with zero attached hydrogens (tertiary/aromatic N) is 2. The molecule has 1 aromatic heterocycles. The Kier molecular flexibility index (Phi) is 3.56. The minimum atomic E-state index is 0.181. The van der Waals surface area contributed by atoms with E-state index in [0.29, 0.717) is 0 Å². The molecule has 1 aliphatic rings. The Bertz CT molecular complexity index is 551. The molecule has 3 nitrogen and oxygen atoms in total. The molecule has 19 heavy (non-hydrogen) atoms. The number of benzene rings is 1. The van der Waals surface area contributed by atoms with E-state index in [0.717, 1.165) is 12.2 Å². The van der Waals surface area contributed by atoms with E-state index in [1.165, 1.54) is 36.0 Å². The maximum atomic E-state index is 4.34. The van der Waals surface area contributed by atoms with Crippen molar-refractivity contribution in [2.24, 2.45) is 0 Å². The fraction of sp³-hybridized carbons (Fsp3) is 0.375. The Labute approximate surface area is 114 Å². The lowest BCUT2D eigenvalue weighted by atomic mass is 10.0. The van der Waals surface area contributed by atoms with Gasteiger partial charge in [-0.1, -0.05) is 18.2 Å². The van der Waals surface area contributed by atoms with Crippen molar-refractivity contribution in [3.05, 3.63) is 59.2 Å². The van der Waals surface area contributed by atoms with Crippen LogP contribution in [0.2, 0.25) is 0 Å². The Balaban J connectivity index is 1.80. The van der Waals surface area contributed by atoms with Crippen LogP contribution in [0.25, 0.3) is 0 Å². The third-order valence-electron chi connectivity index (χ3n) is 3.85. The maximum Gasteiger partial charge on any atom is 0.145 e. The highest BCUT2D eigenvalue weighted by molar-refractivity contribution is 5.35. The number of hydrogen-bond acceptors (Lipinski definition) is 3. The summed E-state index contributed by atoms with van der Waals surface area (Å²) in [5.74, 6) is 0.866. The zero-order valence-corrected chi connectivity index (χ0v) is 11.3. The van der Waals surface area contributed by atoms with E-state index in [1.54, 1.807) is 12.4 Å². The predicted octanol–water partition coefficient (Wildman–Crippen LogP) is 2.47. The summed E-state index contributed by atoms with van der Waals surface area (Å²) in [5.41, 5.74) is 4.43. The first kappa shape index (κ1) is 12.3. The lowest BCUT2D eigenvalue weighted by Crippen LogP contribution is -2.21. The average molecular weight is 253 g/mol. The van der Waals surface area contributed by atoms with Gasteiger partial charge >= 0.3 is 0 Å². The van der Waals surface area contributed by atoms with E-state index in [1.807, 2.05) is 13.1 Å². The summed E-state index contributed by atoms with van der Waals surface area (Å²) in [4.78, 5) is 8.69. The zero-order chi connectivity index (χ0) is 13.1. The highest BCUT2D eigenvalue weighted by Crippen LogP contribution is 2.24. The Morgan fingerprint density at radius 3 is 2.74 bits per heavy atom. The first-order valence-corrected chi connectivity index (χ1v) is 6.91. The molecule has 3 heteroatoms. The molecule has 2 aromatic rings. The summed E-state index contributed by atoms with van der Waals surface area (Å²) in [6.07, 6.45) is 8.32. The van der Waals surface area contributed by atoms with E-state index in [2.05, 4.69) is 33.5 Å². The molecular formula is C16H19N3. The number of nitrogens with one attached hydrogen (secondary N) is 1. The van der Waals surface area contributed by atoms with Gasteiger partial charge in [-0.25, -0.2) is 9.97 Å². The van der Waals surface area contributed by atoms with Crippen LogP contribution in [0.4, 0.5) is 0 Å². The van der Waals surface area contributed by atoms with Crippen LogP contribution in [-0.2, 0) is 19.3 Å². The largest absolute Gasteiger partial charge is 0.310 e. The molecule has 1 aliphatic carbocycles. The molecule has 0 amide bonds. The van der Waals surface area contributed by atoms with E-state index in [9.17, 15) is 0 Å². The van der Waals surface area contributed by atoms with Gasteiger partial charge in [0, 0.05) is 12.4 Å². The molecule has 1 unspecified atom stereocenters. The van der Waals surface area contributed by atoms with Gasteiger partial charge in [-0.15, -0.1) is 0 Å². The van der Waals surface area contributed by atoms with Gasteiger partial charge in [-0.3, -0.25) is 0 Å². The average Bonchev–Trinajstić information content (AvgIpc) is 2.93. The number of aromatic nitrogens is 2. The van der Waals surface area contributed by atoms with Crippen molar-refractivity contribution in [2.45, 2.75) is 31.7 Å². The summed E-state index contributed by atoms with van der Waals surface area (Å²) in [7, 11) is 1.97. The molecule has 3 rings (SSSR count). The smallest absolute Gasteiger partial charge is 0.145 e. The van der Waals surface area contributed by atoms with Crippen molar-refractivity contribution >= 4 is 0 Å². The second kappa shape index (κ2) is 5.49. The Hall–Kier alpha value is -1.74. The van der Waals surface area contributed by atoms with Crippen LogP contribution >= 0.6 is 0 Å². The summed E-state index contributed by atoms with van der Waals surface area (Å²) in [6, 6.07) is 8.93.